The minimum atomic E-state index is 0.00245. The molecule has 1 aliphatic rings. The van der Waals surface area contributed by atoms with Crippen molar-refractivity contribution in [3.8, 4) is 0 Å². The van der Waals surface area contributed by atoms with E-state index in [-0.39, 0.29) is 5.91 Å². The molecule has 0 aliphatic heterocycles. The van der Waals surface area contributed by atoms with E-state index in [1.165, 1.54) is 12.8 Å². The van der Waals surface area contributed by atoms with Crippen LogP contribution in [0.25, 0.3) is 0 Å². The van der Waals surface area contributed by atoms with Crippen LogP contribution < -0.4 is 5.32 Å². The van der Waals surface area contributed by atoms with Gasteiger partial charge >= 0.3 is 0 Å². The van der Waals surface area contributed by atoms with E-state index in [2.05, 4.69) is 37.2 Å². The van der Waals surface area contributed by atoms with E-state index in [9.17, 15) is 4.79 Å². The molecule has 4 heteroatoms. The van der Waals surface area contributed by atoms with Gasteiger partial charge < -0.3 is 5.32 Å². The Hall–Kier alpha value is -0.350. The van der Waals surface area contributed by atoms with E-state index < -0.39 is 0 Å². The van der Waals surface area contributed by atoms with Crippen molar-refractivity contribution >= 4 is 37.8 Å². The molecule has 1 fully saturated rings. The highest BCUT2D eigenvalue weighted by atomic mass is 79.9. The van der Waals surface area contributed by atoms with Crippen molar-refractivity contribution in [2.45, 2.75) is 19.3 Å². The third-order valence-corrected chi connectivity index (χ3v) is 3.58. The van der Waals surface area contributed by atoms with Crippen LogP contribution in [0, 0.1) is 5.92 Å². The van der Waals surface area contributed by atoms with E-state index in [0.717, 1.165) is 27.8 Å². The number of carbonyl (C=O) groups is 1. The molecular formula is C12H13Br2NO. The second-order valence-electron chi connectivity index (χ2n) is 4.15. The first-order valence-electron chi connectivity index (χ1n) is 5.39. The molecule has 1 aromatic carbocycles. The van der Waals surface area contributed by atoms with Gasteiger partial charge in [-0.15, -0.1) is 0 Å². The zero-order valence-corrected chi connectivity index (χ0v) is 12.0. The lowest BCUT2D eigenvalue weighted by Gasteiger charge is -2.05. The van der Waals surface area contributed by atoms with Crippen molar-refractivity contribution in [2.75, 3.05) is 6.54 Å². The number of nitrogens with one attached hydrogen (secondary N) is 1. The van der Waals surface area contributed by atoms with E-state index in [1.54, 1.807) is 0 Å². The Kier molecular flexibility index (Phi) is 4.03. The molecule has 0 saturated heterocycles. The van der Waals surface area contributed by atoms with E-state index >= 15 is 0 Å². The molecule has 2 rings (SSSR count). The maximum atomic E-state index is 11.8. The summed E-state index contributed by atoms with van der Waals surface area (Å²) in [6, 6.07) is 5.58. The normalized spacial score (nSPS) is 14.9. The second-order valence-corrected chi connectivity index (χ2v) is 5.98. The summed E-state index contributed by atoms with van der Waals surface area (Å²) in [4.78, 5) is 11.8. The van der Waals surface area contributed by atoms with Crippen LogP contribution in [0.15, 0.2) is 27.1 Å². The Morgan fingerprint density at radius 1 is 1.25 bits per heavy atom. The Morgan fingerprint density at radius 3 is 2.44 bits per heavy atom. The number of rotatable bonds is 4. The average Bonchev–Trinajstić information content (AvgIpc) is 3.00. The van der Waals surface area contributed by atoms with Crippen LogP contribution in [0.1, 0.15) is 29.6 Å². The van der Waals surface area contributed by atoms with E-state index in [0.29, 0.717) is 5.56 Å². The molecule has 16 heavy (non-hydrogen) atoms. The molecule has 1 amide bonds. The smallest absolute Gasteiger partial charge is 0.251 e. The van der Waals surface area contributed by atoms with Crippen LogP contribution in [-0.4, -0.2) is 12.5 Å². The molecule has 1 aliphatic carbocycles. The lowest BCUT2D eigenvalue weighted by molar-refractivity contribution is 0.0952. The third kappa shape index (κ3) is 3.59. The summed E-state index contributed by atoms with van der Waals surface area (Å²) >= 11 is 6.75. The van der Waals surface area contributed by atoms with Gasteiger partial charge in [0.15, 0.2) is 0 Å². The van der Waals surface area contributed by atoms with Crippen LogP contribution in [0.5, 0.6) is 0 Å². The van der Waals surface area contributed by atoms with Gasteiger partial charge in [0, 0.05) is 21.1 Å². The lowest BCUT2D eigenvalue weighted by atomic mass is 10.2. The molecule has 1 saturated carbocycles. The maximum Gasteiger partial charge on any atom is 0.251 e. The molecule has 0 spiro atoms. The van der Waals surface area contributed by atoms with Crippen molar-refractivity contribution < 1.29 is 4.79 Å². The summed E-state index contributed by atoms with van der Waals surface area (Å²) in [5, 5.41) is 2.94. The summed E-state index contributed by atoms with van der Waals surface area (Å²) in [6.07, 6.45) is 3.78. The molecule has 1 aromatic rings. The highest BCUT2D eigenvalue weighted by Gasteiger charge is 2.20. The Morgan fingerprint density at radius 2 is 1.88 bits per heavy atom. The van der Waals surface area contributed by atoms with Crippen LogP contribution in [0.3, 0.4) is 0 Å². The van der Waals surface area contributed by atoms with Crippen LogP contribution in [0.4, 0.5) is 0 Å². The van der Waals surface area contributed by atoms with E-state index in [1.807, 2.05) is 18.2 Å². The van der Waals surface area contributed by atoms with Crippen molar-refractivity contribution in [2.24, 2.45) is 5.92 Å². The second kappa shape index (κ2) is 5.32. The third-order valence-electron chi connectivity index (χ3n) is 2.66. The lowest BCUT2D eigenvalue weighted by Crippen LogP contribution is -2.24. The average molecular weight is 347 g/mol. The van der Waals surface area contributed by atoms with Gasteiger partial charge in [-0.25, -0.2) is 0 Å². The molecule has 1 N–H and O–H groups in total. The fourth-order valence-electron chi connectivity index (χ4n) is 1.58. The van der Waals surface area contributed by atoms with Gasteiger partial charge in [-0.05, 0) is 30.5 Å². The number of hydrogen-bond acceptors (Lipinski definition) is 1. The van der Waals surface area contributed by atoms with Crippen LogP contribution in [0.2, 0.25) is 0 Å². The summed E-state index contributed by atoms with van der Waals surface area (Å²) in [5.74, 6) is 0.859. The number of hydrogen-bond donors (Lipinski definition) is 1. The van der Waals surface area contributed by atoms with E-state index in [4.69, 9.17) is 0 Å². The van der Waals surface area contributed by atoms with Crippen LogP contribution in [-0.2, 0) is 0 Å². The molecule has 0 atom stereocenters. The molecule has 0 heterocycles. The zero-order chi connectivity index (χ0) is 11.5. The first-order valence-corrected chi connectivity index (χ1v) is 6.98. The minimum absolute atomic E-state index is 0.00245. The molecule has 0 unspecified atom stereocenters. The Labute approximate surface area is 112 Å². The SMILES string of the molecule is O=C(NCCC1CC1)c1cc(Br)cc(Br)c1. The van der Waals surface area contributed by atoms with Gasteiger partial charge in [-0.1, -0.05) is 44.7 Å². The summed E-state index contributed by atoms with van der Waals surface area (Å²) in [7, 11) is 0. The molecule has 0 radical (unpaired) electrons. The summed E-state index contributed by atoms with van der Waals surface area (Å²) < 4.78 is 1.82. The van der Waals surface area contributed by atoms with Gasteiger partial charge in [0.05, 0.1) is 0 Å². The fourth-order valence-corrected chi connectivity index (χ4v) is 2.88. The van der Waals surface area contributed by atoms with Crippen molar-refractivity contribution in [1.82, 2.24) is 5.32 Å². The van der Waals surface area contributed by atoms with Crippen LogP contribution >= 0.6 is 31.9 Å². The monoisotopic (exact) mass is 345 g/mol. The maximum absolute atomic E-state index is 11.8. The number of amides is 1. The number of halogens is 2. The van der Waals surface area contributed by atoms with Gasteiger partial charge in [-0.2, -0.15) is 0 Å². The quantitative estimate of drug-likeness (QED) is 0.884. The topological polar surface area (TPSA) is 29.1 Å². The summed E-state index contributed by atoms with van der Waals surface area (Å²) in [5.41, 5.74) is 0.692. The van der Waals surface area contributed by atoms with Gasteiger partial charge in [0.1, 0.15) is 0 Å². The molecule has 0 bridgehead atoms. The van der Waals surface area contributed by atoms with Gasteiger partial charge in [-0.3, -0.25) is 4.79 Å². The first-order chi connectivity index (χ1) is 7.65. The minimum Gasteiger partial charge on any atom is -0.352 e. The predicted molar refractivity (Wildman–Crippen MR) is 71.5 cm³/mol. The van der Waals surface area contributed by atoms with Gasteiger partial charge in [0.2, 0.25) is 0 Å². The highest BCUT2D eigenvalue weighted by Crippen LogP contribution is 2.31. The molecule has 2 nitrogen and oxygen atoms in total. The van der Waals surface area contributed by atoms with Crippen molar-refractivity contribution in [3.63, 3.8) is 0 Å². The van der Waals surface area contributed by atoms with Crippen molar-refractivity contribution in [3.05, 3.63) is 32.7 Å². The first kappa shape index (κ1) is 12.1. The number of carbonyl (C=O) groups excluding carboxylic acids is 1. The molecule has 86 valence electrons. The summed E-state index contributed by atoms with van der Waals surface area (Å²) in [6.45, 7) is 0.785. The zero-order valence-electron chi connectivity index (χ0n) is 8.80. The number of benzene rings is 1. The fraction of sp³-hybridized carbons (Fsp3) is 0.417. The highest BCUT2D eigenvalue weighted by molar-refractivity contribution is 9.11. The van der Waals surface area contributed by atoms with Gasteiger partial charge in [0.25, 0.3) is 5.91 Å². The van der Waals surface area contributed by atoms with Crippen molar-refractivity contribution in [1.29, 1.82) is 0 Å². The predicted octanol–water partition coefficient (Wildman–Crippen LogP) is 3.74. The molecule has 0 aromatic heterocycles. The Balaban J connectivity index is 1.91. The largest absolute Gasteiger partial charge is 0.352 e. The standard InChI is InChI=1S/C12H13Br2NO/c13-10-5-9(6-11(14)7-10)12(16)15-4-3-8-1-2-8/h5-8H,1-4H2,(H,15,16). The molecular weight excluding hydrogens is 334 g/mol. The Bertz CT molecular complexity index is 382.